The van der Waals surface area contributed by atoms with E-state index in [9.17, 15) is 22.8 Å². The first-order chi connectivity index (χ1) is 15.6. The normalized spacial score (nSPS) is 11.4. The maximum Gasteiger partial charge on any atom is 0.434 e. The fourth-order valence-corrected chi connectivity index (χ4v) is 3.64. The molecule has 0 unspecified atom stereocenters. The van der Waals surface area contributed by atoms with Gasteiger partial charge in [0.25, 0.3) is 0 Å². The number of carbonyl (C=O) groups excluding carboxylic acids is 2. The average Bonchev–Trinajstić information content (AvgIpc) is 3.24. The van der Waals surface area contributed by atoms with E-state index in [1.807, 2.05) is 0 Å². The number of halogens is 3. The van der Waals surface area contributed by atoms with Crippen molar-refractivity contribution in [1.82, 2.24) is 20.3 Å². The van der Waals surface area contributed by atoms with Crippen LogP contribution in [0.15, 0.2) is 36.1 Å². The summed E-state index contributed by atoms with van der Waals surface area (Å²) in [5, 5.41) is 6.16. The number of nitrogens with zero attached hydrogens (tertiary/aromatic N) is 3. The minimum atomic E-state index is -4.61. The standard InChI is InChI=1S/C21H20F3N5O3S/c1-4-32-19(30)13-5-12(7-25-8-13)15-9-26-17(29-20(31)27-11(2)3)6-14(15)18-28-16(10-33-18)21(22,23)24/h5-11H,4H2,1-3H3,(H2,26,27,29,31). The Morgan fingerprint density at radius 1 is 1.15 bits per heavy atom. The van der Waals surface area contributed by atoms with Crippen molar-refractivity contribution in [3.05, 3.63) is 47.4 Å². The van der Waals surface area contributed by atoms with Gasteiger partial charge in [-0.15, -0.1) is 11.3 Å². The molecule has 174 valence electrons. The Balaban J connectivity index is 2.08. The van der Waals surface area contributed by atoms with Gasteiger partial charge in [-0.1, -0.05) is 0 Å². The Hall–Kier alpha value is -3.54. The smallest absolute Gasteiger partial charge is 0.434 e. The number of amides is 2. The van der Waals surface area contributed by atoms with Crippen molar-refractivity contribution in [1.29, 1.82) is 0 Å². The van der Waals surface area contributed by atoms with E-state index in [4.69, 9.17) is 4.74 Å². The predicted octanol–water partition coefficient (Wildman–Crippen LogP) is 4.99. The van der Waals surface area contributed by atoms with Crippen LogP contribution >= 0.6 is 11.3 Å². The van der Waals surface area contributed by atoms with Gasteiger partial charge in [-0.2, -0.15) is 13.2 Å². The first-order valence-corrected chi connectivity index (χ1v) is 10.7. The van der Waals surface area contributed by atoms with Gasteiger partial charge in [-0.25, -0.2) is 19.6 Å². The van der Waals surface area contributed by atoms with E-state index in [1.54, 1.807) is 20.8 Å². The number of thiazole rings is 1. The summed E-state index contributed by atoms with van der Waals surface area (Å²) in [6.45, 7) is 5.39. The van der Waals surface area contributed by atoms with E-state index in [0.717, 1.165) is 16.7 Å². The van der Waals surface area contributed by atoms with Crippen molar-refractivity contribution in [2.75, 3.05) is 11.9 Å². The number of carbonyl (C=O) groups is 2. The van der Waals surface area contributed by atoms with Gasteiger partial charge in [0.15, 0.2) is 5.69 Å². The second-order valence-corrected chi connectivity index (χ2v) is 7.94. The van der Waals surface area contributed by atoms with Gasteiger partial charge in [-0.05, 0) is 32.9 Å². The molecule has 2 N–H and O–H groups in total. The van der Waals surface area contributed by atoms with E-state index in [0.29, 0.717) is 11.1 Å². The number of hydrogen-bond donors (Lipinski definition) is 2. The summed E-state index contributed by atoms with van der Waals surface area (Å²) < 4.78 is 44.4. The van der Waals surface area contributed by atoms with E-state index in [1.165, 1.54) is 30.7 Å². The van der Waals surface area contributed by atoms with Crippen molar-refractivity contribution in [2.45, 2.75) is 33.0 Å². The summed E-state index contributed by atoms with van der Waals surface area (Å²) in [4.78, 5) is 36.1. The molecule has 3 aromatic heterocycles. The third-order valence-electron chi connectivity index (χ3n) is 4.15. The van der Waals surface area contributed by atoms with Crippen LogP contribution in [-0.4, -0.2) is 39.6 Å². The Bertz CT molecular complexity index is 1160. The molecule has 8 nitrogen and oxygen atoms in total. The lowest BCUT2D eigenvalue weighted by Gasteiger charge is -2.13. The zero-order chi connectivity index (χ0) is 24.2. The highest BCUT2D eigenvalue weighted by molar-refractivity contribution is 7.13. The number of anilines is 1. The molecule has 0 bridgehead atoms. The SMILES string of the molecule is CCOC(=O)c1cncc(-c2cnc(NC(=O)NC(C)C)cc2-c2nc(C(F)(F)F)cs2)c1. The quantitative estimate of drug-likeness (QED) is 0.483. The van der Waals surface area contributed by atoms with Gasteiger partial charge in [0.2, 0.25) is 0 Å². The number of urea groups is 1. The minimum absolute atomic E-state index is 0.0635. The summed E-state index contributed by atoms with van der Waals surface area (Å²) in [6, 6.07) is 2.28. The van der Waals surface area contributed by atoms with Crippen LogP contribution in [0.1, 0.15) is 36.8 Å². The Labute approximate surface area is 191 Å². The maximum atomic E-state index is 13.1. The summed E-state index contributed by atoms with van der Waals surface area (Å²) in [6.07, 6.45) is -0.460. The molecular weight excluding hydrogens is 459 g/mol. The van der Waals surface area contributed by atoms with Crippen LogP contribution in [0.3, 0.4) is 0 Å². The van der Waals surface area contributed by atoms with Gasteiger partial charge in [-0.3, -0.25) is 10.3 Å². The fraction of sp³-hybridized carbons (Fsp3) is 0.286. The molecule has 0 atom stereocenters. The predicted molar refractivity (Wildman–Crippen MR) is 117 cm³/mol. The molecule has 2 amide bonds. The molecule has 0 aliphatic heterocycles. The minimum Gasteiger partial charge on any atom is -0.462 e. The number of nitrogens with one attached hydrogen (secondary N) is 2. The first kappa shape index (κ1) is 24.1. The number of hydrogen-bond acceptors (Lipinski definition) is 7. The molecule has 0 aliphatic carbocycles. The Morgan fingerprint density at radius 3 is 2.55 bits per heavy atom. The number of ether oxygens (including phenoxy) is 1. The van der Waals surface area contributed by atoms with Crippen molar-refractivity contribution in [3.63, 3.8) is 0 Å². The lowest BCUT2D eigenvalue weighted by molar-refractivity contribution is -0.140. The molecular formula is C21H20F3N5O3S. The van der Waals surface area contributed by atoms with Crippen LogP contribution in [-0.2, 0) is 10.9 Å². The van der Waals surface area contributed by atoms with Crippen LogP contribution in [0.25, 0.3) is 21.7 Å². The van der Waals surface area contributed by atoms with Crippen molar-refractivity contribution >= 4 is 29.2 Å². The maximum absolute atomic E-state index is 13.1. The van der Waals surface area contributed by atoms with Crippen LogP contribution < -0.4 is 10.6 Å². The summed E-state index contributed by atoms with van der Waals surface area (Å²) >= 11 is 0.796. The number of pyridine rings is 2. The molecule has 3 aromatic rings. The lowest BCUT2D eigenvalue weighted by atomic mass is 10.0. The van der Waals surface area contributed by atoms with Crippen LogP contribution in [0.5, 0.6) is 0 Å². The van der Waals surface area contributed by atoms with E-state index in [-0.39, 0.29) is 34.6 Å². The second-order valence-electron chi connectivity index (χ2n) is 7.09. The van der Waals surface area contributed by atoms with Crippen molar-refractivity contribution in [3.8, 4) is 21.7 Å². The highest BCUT2D eigenvalue weighted by Crippen LogP contribution is 2.38. The van der Waals surface area contributed by atoms with Gasteiger partial charge in [0.05, 0.1) is 12.2 Å². The van der Waals surface area contributed by atoms with Crippen molar-refractivity contribution < 1.29 is 27.5 Å². The van der Waals surface area contributed by atoms with Crippen LogP contribution in [0, 0.1) is 0 Å². The zero-order valence-corrected chi connectivity index (χ0v) is 18.7. The average molecular weight is 479 g/mol. The van der Waals surface area contributed by atoms with Gasteiger partial charge >= 0.3 is 18.2 Å². The molecule has 3 heterocycles. The Morgan fingerprint density at radius 2 is 1.91 bits per heavy atom. The number of aromatic nitrogens is 3. The summed E-state index contributed by atoms with van der Waals surface area (Å²) in [5.41, 5.74) is 0.231. The first-order valence-electron chi connectivity index (χ1n) is 9.81. The lowest BCUT2D eigenvalue weighted by Crippen LogP contribution is -2.34. The third-order valence-corrected chi connectivity index (χ3v) is 5.03. The van der Waals surface area contributed by atoms with E-state index in [2.05, 4.69) is 25.6 Å². The second kappa shape index (κ2) is 9.94. The molecule has 3 rings (SSSR count). The summed E-state index contributed by atoms with van der Waals surface area (Å²) in [7, 11) is 0. The fourth-order valence-electron chi connectivity index (χ4n) is 2.79. The molecule has 0 aliphatic rings. The molecule has 0 fully saturated rings. The van der Waals surface area contributed by atoms with Gasteiger partial charge < -0.3 is 10.1 Å². The van der Waals surface area contributed by atoms with Crippen LogP contribution in [0.2, 0.25) is 0 Å². The highest BCUT2D eigenvalue weighted by atomic mass is 32.1. The largest absolute Gasteiger partial charge is 0.462 e. The molecule has 0 aromatic carbocycles. The summed E-state index contributed by atoms with van der Waals surface area (Å²) in [5.74, 6) is -0.469. The topological polar surface area (TPSA) is 106 Å². The monoisotopic (exact) mass is 479 g/mol. The molecule has 0 saturated carbocycles. The molecule has 33 heavy (non-hydrogen) atoms. The third kappa shape index (κ3) is 6.04. The number of rotatable bonds is 6. The molecule has 12 heteroatoms. The number of esters is 1. The zero-order valence-electron chi connectivity index (χ0n) is 17.9. The van der Waals surface area contributed by atoms with E-state index < -0.39 is 23.9 Å². The highest BCUT2D eigenvalue weighted by Gasteiger charge is 2.34. The molecule has 0 radical (unpaired) electrons. The molecule has 0 spiro atoms. The number of alkyl halides is 3. The van der Waals surface area contributed by atoms with Gasteiger partial charge in [0.1, 0.15) is 10.8 Å². The van der Waals surface area contributed by atoms with Crippen molar-refractivity contribution in [2.24, 2.45) is 0 Å². The Kier molecular flexibility index (Phi) is 7.26. The molecule has 0 saturated heterocycles. The van der Waals surface area contributed by atoms with E-state index >= 15 is 0 Å². The van der Waals surface area contributed by atoms with Gasteiger partial charge in [0, 0.05) is 46.7 Å². The van der Waals surface area contributed by atoms with Crippen LogP contribution in [0.4, 0.5) is 23.8 Å².